The van der Waals surface area contributed by atoms with Gasteiger partial charge in [-0.05, 0) is 47.5 Å². The first kappa shape index (κ1) is 25.2. The van der Waals surface area contributed by atoms with Crippen LogP contribution in [0.2, 0.25) is 0 Å². The maximum absolute atomic E-state index is 10.8. The topological polar surface area (TPSA) is 76.5 Å². The van der Waals surface area contributed by atoms with Gasteiger partial charge in [0.15, 0.2) is 18.9 Å². The molecular formula is C26H23ClN2O4S. The summed E-state index contributed by atoms with van der Waals surface area (Å²) in [6, 6.07) is 28.2. The van der Waals surface area contributed by atoms with Crippen LogP contribution in [0.5, 0.6) is 5.75 Å². The minimum Gasteiger partial charge on any atom is -1.00 e. The van der Waals surface area contributed by atoms with Gasteiger partial charge in [0.2, 0.25) is 0 Å². The van der Waals surface area contributed by atoms with E-state index in [0.29, 0.717) is 12.3 Å². The summed E-state index contributed by atoms with van der Waals surface area (Å²) in [5, 5.41) is 21.1. The van der Waals surface area contributed by atoms with Gasteiger partial charge in [0.05, 0.1) is 4.92 Å². The van der Waals surface area contributed by atoms with Gasteiger partial charge in [-0.25, -0.2) is 4.57 Å². The fraction of sp³-hybridized carbons (Fsp3) is 0.115. The highest BCUT2D eigenvalue weighted by Crippen LogP contribution is 2.30. The van der Waals surface area contributed by atoms with Crippen molar-refractivity contribution >= 4 is 17.4 Å². The quantitative estimate of drug-likeness (QED) is 0.219. The predicted octanol–water partition coefficient (Wildman–Crippen LogP) is 2.14. The zero-order valence-corrected chi connectivity index (χ0v) is 19.7. The summed E-state index contributed by atoms with van der Waals surface area (Å²) in [6.07, 6.45) is 3.26. The number of aliphatic hydroxyl groups excluding tert-OH is 1. The molecule has 0 amide bonds. The number of pyridine rings is 1. The molecule has 34 heavy (non-hydrogen) atoms. The monoisotopic (exact) mass is 494 g/mol. The van der Waals surface area contributed by atoms with Crippen molar-refractivity contribution < 1.29 is 31.7 Å². The van der Waals surface area contributed by atoms with E-state index in [0.717, 1.165) is 20.9 Å². The average molecular weight is 495 g/mol. The van der Waals surface area contributed by atoms with E-state index in [9.17, 15) is 15.2 Å². The van der Waals surface area contributed by atoms with Crippen molar-refractivity contribution in [3.63, 3.8) is 0 Å². The third kappa shape index (κ3) is 7.05. The molecule has 0 radical (unpaired) electrons. The summed E-state index contributed by atoms with van der Waals surface area (Å²) in [5.41, 5.74) is 2.36. The van der Waals surface area contributed by atoms with E-state index in [1.54, 1.807) is 12.1 Å². The minimum atomic E-state index is -0.647. The number of ether oxygens (including phenoxy) is 1. The Labute approximate surface area is 208 Å². The highest BCUT2D eigenvalue weighted by molar-refractivity contribution is 7.99. The predicted molar refractivity (Wildman–Crippen MR) is 127 cm³/mol. The second kappa shape index (κ2) is 12.2. The Hall–Kier alpha value is -3.39. The van der Waals surface area contributed by atoms with Crippen LogP contribution < -0.4 is 21.7 Å². The molecule has 0 spiro atoms. The Morgan fingerprint density at radius 3 is 2.00 bits per heavy atom. The highest BCUT2D eigenvalue weighted by Gasteiger charge is 2.12. The molecule has 3 aromatic carbocycles. The summed E-state index contributed by atoms with van der Waals surface area (Å²) < 4.78 is 7.67. The van der Waals surface area contributed by atoms with Crippen molar-refractivity contribution in [1.29, 1.82) is 0 Å². The zero-order chi connectivity index (χ0) is 23.0. The summed E-state index contributed by atoms with van der Waals surface area (Å²) in [5.74, 6) is 0.673. The van der Waals surface area contributed by atoms with Crippen LogP contribution in [-0.2, 0) is 6.54 Å². The number of halogens is 1. The summed E-state index contributed by atoms with van der Waals surface area (Å²) in [7, 11) is 0. The third-order valence-electron chi connectivity index (χ3n) is 4.97. The molecule has 0 bridgehead atoms. The molecule has 1 unspecified atom stereocenters. The van der Waals surface area contributed by atoms with E-state index in [1.807, 2.05) is 71.6 Å². The Kier molecular flexibility index (Phi) is 9.04. The van der Waals surface area contributed by atoms with Crippen molar-refractivity contribution in [2.75, 3.05) is 6.61 Å². The van der Waals surface area contributed by atoms with E-state index in [4.69, 9.17) is 4.74 Å². The van der Waals surface area contributed by atoms with Gasteiger partial charge in [0, 0.05) is 34.1 Å². The molecule has 1 heterocycles. The van der Waals surface area contributed by atoms with Crippen LogP contribution in [0.1, 0.15) is 0 Å². The van der Waals surface area contributed by atoms with Crippen molar-refractivity contribution in [1.82, 2.24) is 0 Å². The number of nitro groups is 1. The van der Waals surface area contributed by atoms with E-state index >= 15 is 0 Å². The Balaban J connectivity index is 0.00000324. The number of hydrogen-bond donors (Lipinski definition) is 1. The molecule has 4 rings (SSSR count). The molecular weight excluding hydrogens is 472 g/mol. The lowest BCUT2D eigenvalue weighted by Gasteiger charge is -2.11. The Bertz CT molecular complexity index is 1190. The van der Waals surface area contributed by atoms with E-state index in [2.05, 4.69) is 12.1 Å². The second-order valence-electron chi connectivity index (χ2n) is 7.44. The summed E-state index contributed by atoms with van der Waals surface area (Å²) >= 11 is 1.51. The van der Waals surface area contributed by atoms with E-state index in [1.165, 1.54) is 23.9 Å². The SMILES string of the molecule is O=[N+]([O-])c1ccc(Sc2ccc(OCC(O)C[n+]3ccc(-c4ccccc4)cc3)cc2)cc1.[Cl-]. The van der Waals surface area contributed by atoms with Gasteiger partial charge < -0.3 is 22.3 Å². The molecule has 1 N–H and O–H groups in total. The van der Waals surface area contributed by atoms with Gasteiger partial charge >= 0.3 is 0 Å². The van der Waals surface area contributed by atoms with Gasteiger partial charge in [-0.1, -0.05) is 42.1 Å². The zero-order valence-electron chi connectivity index (χ0n) is 18.2. The molecule has 1 atom stereocenters. The lowest BCUT2D eigenvalue weighted by molar-refractivity contribution is -0.703. The molecule has 6 nitrogen and oxygen atoms in total. The van der Waals surface area contributed by atoms with Crippen molar-refractivity contribution in [2.45, 2.75) is 22.4 Å². The normalized spacial score (nSPS) is 11.3. The van der Waals surface area contributed by atoms with Gasteiger partial charge in [-0.2, -0.15) is 0 Å². The van der Waals surface area contributed by atoms with E-state index in [-0.39, 0.29) is 24.7 Å². The van der Waals surface area contributed by atoms with Crippen LogP contribution in [-0.4, -0.2) is 22.7 Å². The number of rotatable bonds is 9. The number of hydrogen-bond acceptors (Lipinski definition) is 5. The van der Waals surface area contributed by atoms with E-state index < -0.39 is 11.0 Å². The summed E-state index contributed by atoms with van der Waals surface area (Å²) in [6.45, 7) is 0.616. The smallest absolute Gasteiger partial charge is 0.269 e. The first-order valence-electron chi connectivity index (χ1n) is 10.4. The fourth-order valence-corrected chi connectivity index (χ4v) is 4.08. The number of nitro benzene ring substituents is 1. The van der Waals surface area contributed by atoms with Gasteiger partial charge in [0.25, 0.3) is 5.69 Å². The lowest BCUT2D eigenvalue weighted by Crippen LogP contribution is -3.00. The molecule has 8 heteroatoms. The van der Waals surface area contributed by atoms with Crippen molar-refractivity contribution in [2.24, 2.45) is 0 Å². The number of nitrogens with zero attached hydrogens (tertiary/aromatic N) is 2. The minimum absolute atomic E-state index is 0. The highest BCUT2D eigenvalue weighted by atomic mass is 35.5. The average Bonchev–Trinajstić information content (AvgIpc) is 2.85. The maximum atomic E-state index is 10.8. The maximum Gasteiger partial charge on any atom is 0.269 e. The number of aromatic nitrogens is 1. The molecule has 0 saturated carbocycles. The van der Waals surface area contributed by atoms with Gasteiger partial charge in [-0.15, -0.1) is 0 Å². The van der Waals surface area contributed by atoms with Crippen LogP contribution in [0, 0.1) is 10.1 Å². The first-order chi connectivity index (χ1) is 16.1. The molecule has 0 saturated heterocycles. The molecule has 0 aliphatic rings. The number of benzene rings is 3. The van der Waals surface area contributed by atoms with Crippen molar-refractivity contribution in [3.05, 3.63) is 114 Å². The fourth-order valence-electron chi connectivity index (χ4n) is 3.27. The number of non-ortho nitro benzene ring substituents is 1. The molecule has 0 aliphatic heterocycles. The Morgan fingerprint density at radius 1 is 0.853 bits per heavy atom. The molecule has 0 aliphatic carbocycles. The van der Waals surface area contributed by atoms with Crippen LogP contribution in [0.25, 0.3) is 11.1 Å². The molecule has 174 valence electrons. The van der Waals surface area contributed by atoms with Gasteiger partial charge in [0.1, 0.15) is 18.5 Å². The van der Waals surface area contributed by atoms with Gasteiger partial charge in [-0.3, -0.25) is 10.1 Å². The summed E-state index contributed by atoms with van der Waals surface area (Å²) in [4.78, 5) is 12.3. The lowest BCUT2D eigenvalue weighted by atomic mass is 10.1. The molecule has 4 aromatic rings. The third-order valence-corrected chi connectivity index (χ3v) is 5.98. The second-order valence-corrected chi connectivity index (χ2v) is 8.59. The van der Waals surface area contributed by atoms with Crippen LogP contribution in [0.4, 0.5) is 5.69 Å². The Morgan fingerprint density at radius 2 is 1.41 bits per heavy atom. The largest absolute Gasteiger partial charge is 1.00 e. The first-order valence-corrected chi connectivity index (χ1v) is 11.3. The molecule has 0 fully saturated rings. The molecule has 1 aromatic heterocycles. The van der Waals surface area contributed by atoms with Crippen molar-refractivity contribution in [3.8, 4) is 16.9 Å². The van der Waals surface area contributed by atoms with Crippen LogP contribution in [0.15, 0.2) is 113 Å². The van der Waals surface area contributed by atoms with Crippen LogP contribution in [0.3, 0.4) is 0 Å². The van der Waals surface area contributed by atoms with Crippen LogP contribution >= 0.6 is 11.8 Å². The standard InChI is InChI=1S/C26H23N2O4S.ClH/c29-23(18-27-16-14-21(15-17-27)20-4-2-1-3-5-20)19-32-24-8-12-26(13-9-24)33-25-10-6-22(7-11-25)28(30)31;/h1-17,23,29H,18-19H2;1H/q+1;/p-1. The number of aliphatic hydroxyl groups is 1.